The lowest BCUT2D eigenvalue weighted by molar-refractivity contribution is -0.117. The van der Waals surface area contributed by atoms with Crippen molar-refractivity contribution < 1.29 is 18.4 Å². The van der Waals surface area contributed by atoms with E-state index < -0.39 is 7.60 Å². The molecule has 0 bridgehead atoms. The molecule has 0 N–H and O–H groups in total. The highest BCUT2D eigenvalue weighted by atomic mass is 31.2. The molecule has 5 heteroatoms. The van der Waals surface area contributed by atoms with Crippen molar-refractivity contribution in [3.05, 3.63) is 0 Å². The molecule has 1 unspecified atom stereocenters. The first-order chi connectivity index (χ1) is 7.05. The molecular formula is C10H21O4P. The van der Waals surface area contributed by atoms with Gasteiger partial charge in [0.1, 0.15) is 0 Å². The topological polar surface area (TPSA) is 52.6 Å². The normalized spacial score (nSPS) is 13.9. The molecule has 0 rings (SSSR count). The molecule has 0 fully saturated rings. The van der Waals surface area contributed by atoms with Crippen LogP contribution in [0.2, 0.25) is 0 Å². The average Bonchev–Trinajstić information content (AvgIpc) is 2.28. The fourth-order valence-corrected chi connectivity index (χ4v) is 2.70. The molecule has 0 spiro atoms. The number of hydrogen-bond acceptors (Lipinski definition) is 4. The van der Waals surface area contributed by atoms with Crippen molar-refractivity contribution in [1.82, 2.24) is 0 Å². The number of carbonyl (C=O) groups is 1. The Kier molecular flexibility index (Phi) is 7.07. The Hall–Kier alpha value is -0.180. The second kappa shape index (κ2) is 7.15. The van der Waals surface area contributed by atoms with Gasteiger partial charge in [0.15, 0.2) is 0 Å². The zero-order valence-corrected chi connectivity index (χ0v) is 10.9. The summed E-state index contributed by atoms with van der Waals surface area (Å²) in [4.78, 5) is 11.9. The summed E-state index contributed by atoms with van der Waals surface area (Å²) in [7, 11) is -1.03. The van der Waals surface area contributed by atoms with Crippen LogP contribution in [0.25, 0.3) is 0 Å². The van der Waals surface area contributed by atoms with Crippen LogP contribution in [-0.2, 0) is 18.4 Å². The van der Waals surface area contributed by atoms with E-state index >= 15 is 0 Å². The molecule has 0 aromatic rings. The Labute approximate surface area is 91.9 Å². The van der Waals surface area contributed by atoms with Crippen LogP contribution in [0.4, 0.5) is 0 Å². The van der Waals surface area contributed by atoms with Gasteiger partial charge >= 0.3 is 7.60 Å². The highest BCUT2D eigenvalue weighted by Crippen LogP contribution is 2.50. The number of unbranched alkanes of at least 4 members (excludes halogenated alkanes) is 1. The molecule has 0 amide bonds. The van der Waals surface area contributed by atoms with Gasteiger partial charge in [0.2, 0.25) is 5.52 Å². The molecule has 0 aliphatic heterocycles. The minimum absolute atomic E-state index is 0.212. The van der Waals surface area contributed by atoms with E-state index in [1.807, 2.05) is 6.92 Å². The van der Waals surface area contributed by atoms with Crippen LogP contribution in [0.5, 0.6) is 0 Å². The summed E-state index contributed by atoms with van der Waals surface area (Å²) in [5, 5.41) is 0. The third-order valence-corrected chi connectivity index (χ3v) is 4.37. The Morgan fingerprint density at radius 1 is 1.27 bits per heavy atom. The van der Waals surface area contributed by atoms with Gasteiger partial charge in [0.25, 0.3) is 0 Å². The van der Waals surface area contributed by atoms with Gasteiger partial charge in [0, 0.05) is 20.1 Å². The summed E-state index contributed by atoms with van der Waals surface area (Å²) in [5.74, 6) is -0.212. The lowest BCUT2D eigenvalue weighted by atomic mass is 10.0. The van der Waals surface area contributed by atoms with E-state index in [0.717, 1.165) is 19.3 Å². The van der Waals surface area contributed by atoms with Gasteiger partial charge in [-0.1, -0.05) is 26.7 Å². The largest absolute Gasteiger partial charge is 0.396 e. The molecule has 1 atom stereocenters. The molecule has 0 aromatic heterocycles. The van der Waals surface area contributed by atoms with E-state index in [9.17, 15) is 9.36 Å². The van der Waals surface area contributed by atoms with Gasteiger partial charge in [-0.05, 0) is 12.8 Å². The van der Waals surface area contributed by atoms with Crippen molar-refractivity contribution in [1.29, 1.82) is 0 Å². The van der Waals surface area contributed by atoms with Gasteiger partial charge in [-0.2, -0.15) is 0 Å². The van der Waals surface area contributed by atoms with Crippen LogP contribution in [0.3, 0.4) is 0 Å². The standard InChI is InChI=1S/C10H21O4P/c1-5-7-8-9(6-2)10(11)15(12,13-3)14-4/h9H,5-8H2,1-4H3. The maximum absolute atomic E-state index is 11.9. The van der Waals surface area contributed by atoms with E-state index in [-0.39, 0.29) is 11.4 Å². The molecule has 0 aromatic carbocycles. The van der Waals surface area contributed by atoms with Crippen LogP contribution >= 0.6 is 7.60 Å². The maximum atomic E-state index is 11.9. The van der Waals surface area contributed by atoms with Crippen molar-refractivity contribution in [2.24, 2.45) is 5.92 Å². The van der Waals surface area contributed by atoms with Crippen LogP contribution < -0.4 is 0 Å². The molecule has 90 valence electrons. The first kappa shape index (κ1) is 14.8. The third kappa shape index (κ3) is 4.06. The predicted octanol–water partition coefficient (Wildman–Crippen LogP) is 3.22. The van der Waals surface area contributed by atoms with E-state index in [4.69, 9.17) is 9.05 Å². The summed E-state index contributed by atoms with van der Waals surface area (Å²) in [6.07, 6.45) is 3.41. The summed E-state index contributed by atoms with van der Waals surface area (Å²) in [5.41, 5.74) is -0.386. The Morgan fingerprint density at radius 3 is 2.13 bits per heavy atom. The third-order valence-electron chi connectivity index (χ3n) is 2.50. The Bertz CT molecular complexity index is 232. The quantitative estimate of drug-likeness (QED) is 0.607. The van der Waals surface area contributed by atoms with E-state index in [0.29, 0.717) is 6.42 Å². The predicted molar refractivity (Wildman–Crippen MR) is 59.9 cm³/mol. The number of rotatable bonds is 8. The fourth-order valence-electron chi connectivity index (χ4n) is 1.43. The molecule has 0 saturated carbocycles. The highest BCUT2D eigenvalue weighted by Gasteiger charge is 2.36. The van der Waals surface area contributed by atoms with E-state index in [1.165, 1.54) is 14.2 Å². The fraction of sp³-hybridized carbons (Fsp3) is 0.900. The summed E-state index contributed by atoms with van der Waals surface area (Å²) in [6, 6.07) is 0. The van der Waals surface area contributed by atoms with Crippen LogP contribution in [0.1, 0.15) is 39.5 Å². The minimum Gasteiger partial charge on any atom is -0.307 e. The lowest BCUT2D eigenvalue weighted by Gasteiger charge is -2.18. The zero-order valence-electron chi connectivity index (χ0n) is 9.99. The van der Waals surface area contributed by atoms with Gasteiger partial charge in [0.05, 0.1) is 0 Å². The molecule has 4 nitrogen and oxygen atoms in total. The van der Waals surface area contributed by atoms with Crippen molar-refractivity contribution in [2.45, 2.75) is 39.5 Å². The van der Waals surface area contributed by atoms with E-state index in [1.54, 1.807) is 0 Å². The second-order valence-corrected chi connectivity index (χ2v) is 5.61. The van der Waals surface area contributed by atoms with Crippen LogP contribution in [0.15, 0.2) is 0 Å². The first-order valence-electron chi connectivity index (χ1n) is 5.31. The maximum Gasteiger partial charge on any atom is 0.396 e. The van der Waals surface area contributed by atoms with Crippen molar-refractivity contribution in [3.63, 3.8) is 0 Å². The lowest BCUT2D eigenvalue weighted by Crippen LogP contribution is -2.15. The minimum atomic E-state index is -3.52. The first-order valence-corrected chi connectivity index (χ1v) is 6.85. The molecule has 0 heterocycles. The molecule has 0 saturated heterocycles. The van der Waals surface area contributed by atoms with Crippen molar-refractivity contribution in [3.8, 4) is 0 Å². The monoisotopic (exact) mass is 236 g/mol. The molecule has 0 aliphatic carbocycles. The van der Waals surface area contributed by atoms with Gasteiger partial charge in [-0.25, -0.2) is 0 Å². The van der Waals surface area contributed by atoms with Gasteiger partial charge in [-0.3, -0.25) is 9.36 Å². The Balaban J connectivity index is 4.56. The average molecular weight is 236 g/mol. The van der Waals surface area contributed by atoms with Crippen molar-refractivity contribution >= 4 is 13.1 Å². The van der Waals surface area contributed by atoms with E-state index in [2.05, 4.69) is 6.92 Å². The molecule has 0 aliphatic rings. The summed E-state index contributed by atoms with van der Waals surface area (Å²) >= 11 is 0. The highest BCUT2D eigenvalue weighted by molar-refractivity contribution is 7.71. The van der Waals surface area contributed by atoms with Gasteiger partial charge in [-0.15, -0.1) is 0 Å². The SMILES string of the molecule is CCCCC(CC)C(=O)P(=O)(OC)OC. The molecule has 15 heavy (non-hydrogen) atoms. The van der Waals surface area contributed by atoms with Crippen LogP contribution in [0, 0.1) is 5.92 Å². The molecule has 0 radical (unpaired) electrons. The summed E-state index contributed by atoms with van der Waals surface area (Å²) < 4.78 is 21.2. The molecular weight excluding hydrogens is 215 g/mol. The smallest absolute Gasteiger partial charge is 0.307 e. The zero-order chi connectivity index (χ0) is 11.9. The summed E-state index contributed by atoms with van der Waals surface area (Å²) in [6.45, 7) is 3.97. The van der Waals surface area contributed by atoms with Crippen molar-refractivity contribution in [2.75, 3.05) is 14.2 Å². The van der Waals surface area contributed by atoms with Crippen LogP contribution in [-0.4, -0.2) is 19.7 Å². The van der Waals surface area contributed by atoms with Gasteiger partial charge < -0.3 is 9.05 Å². The number of hydrogen-bond donors (Lipinski definition) is 0. The Morgan fingerprint density at radius 2 is 1.80 bits per heavy atom. The second-order valence-electron chi connectivity index (χ2n) is 3.45. The number of carbonyl (C=O) groups excluding carboxylic acids is 1.